The number of aliphatic hydroxyl groups is 1. The molecule has 0 atom stereocenters. The summed E-state index contributed by atoms with van der Waals surface area (Å²) in [5, 5.41) is 12.9. The summed E-state index contributed by atoms with van der Waals surface area (Å²) in [7, 11) is 0. The Labute approximate surface area is 108 Å². The van der Waals surface area contributed by atoms with Gasteiger partial charge in [-0.3, -0.25) is 0 Å². The number of hydrogen-bond acceptors (Lipinski definition) is 4. The van der Waals surface area contributed by atoms with Crippen LogP contribution >= 0.6 is 0 Å². The van der Waals surface area contributed by atoms with E-state index in [1.807, 2.05) is 32.0 Å². The van der Waals surface area contributed by atoms with E-state index in [0.29, 0.717) is 19.6 Å². The van der Waals surface area contributed by atoms with Crippen molar-refractivity contribution in [2.45, 2.75) is 32.3 Å². The van der Waals surface area contributed by atoms with E-state index >= 15 is 0 Å². The first-order valence-electron chi connectivity index (χ1n) is 6.40. The van der Waals surface area contributed by atoms with Gasteiger partial charge >= 0.3 is 0 Å². The highest BCUT2D eigenvalue weighted by Crippen LogP contribution is 2.32. The third kappa shape index (κ3) is 3.81. The van der Waals surface area contributed by atoms with Gasteiger partial charge in [0.2, 0.25) is 0 Å². The summed E-state index contributed by atoms with van der Waals surface area (Å²) in [5.74, 6) is 1.60. The molecule has 1 aliphatic heterocycles. The van der Waals surface area contributed by atoms with E-state index in [0.717, 1.165) is 30.2 Å². The molecular formula is C14H21NO3. The maximum absolute atomic E-state index is 9.64. The number of hydrogen-bond donors (Lipinski definition) is 2. The van der Waals surface area contributed by atoms with Crippen molar-refractivity contribution in [1.29, 1.82) is 0 Å². The lowest BCUT2D eigenvalue weighted by Crippen LogP contribution is -2.22. The number of nitrogens with one attached hydrogen (secondary N) is 1. The van der Waals surface area contributed by atoms with Crippen LogP contribution in [0.15, 0.2) is 18.2 Å². The molecule has 4 heteroatoms. The molecule has 1 aromatic rings. The Morgan fingerprint density at radius 1 is 1.22 bits per heavy atom. The van der Waals surface area contributed by atoms with Crippen LogP contribution in [0.2, 0.25) is 0 Å². The Hall–Kier alpha value is -1.42. The molecule has 1 aliphatic rings. The SMILES string of the molecule is CC(C)(O)CCNc1ccc2c(c1)OCCCO2. The Bertz CT molecular complexity index is 399. The van der Waals surface area contributed by atoms with Gasteiger partial charge in [0.25, 0.3) is 0 Å². The predicted molar refractivity (Wildman–Crippen MR) is 71.5 cm³/mol. The highest BCUT2D eigenvalue weighted by molar-refractivity contribution is 5.54. The van der Waals surface area contributed by atoms with Crippen LogP contribution in [0.4, 0.5) is 5.69 Å². The third-order valence-electron chi connectivity index (χ3n) is 2.81. The molecule has 2 N–H and O–H groups in total. The fourth-order valence-electron chi connectivity index (χ4n) is 1.79. The Morgan fingerprint density at radius 3 is 2.67 bits per heavy atom. The van der Waals surface area contributed by atoms with Crippen molar-refractivity contribution in [2.75, 3.05) is 25.1 Å². The fraction of sp³-hybridized carbons (Fsp3) is 0.571. The van der Waals surface area contributed by atoms with E-state index in [1.165, 1.54) is 0 Å². The second-order valence-electron chi connectivity index (χ2n) is 5.20. The Balaban J connectivity index is 1.96. The van der Waals surface area contributed by atoms with E-state index in [9.17, 15) is 5.11 Å². The molecular weight excluding hydrogens is 230 g/mol. The number of ether oxygens (including phenoxy) is 2. The summed E-state index contributed by atoms with van der Waals surface area (Å²) in [5.41, 5.74) is 0.349. The van der Waals surface area contributed by atoms with Crippen LogP contribution in [-0.4, -0.2) is 30.5 Å². The summed E-state index contributed by atoms with van der Waals surface area (Å²) in [4.78, 5) is 0. The maximum atomic E-state index is 9.64. The van der Waals surface area contributed by atoms with Crippen LogP contribution in [0.3, 0.4) is 0 Å². The molecule has 18 heavy (non-hydrogen) atoms. The largest absolute Gasteiger partial charge is 0.490 e. The van der Waals surface area contributed by atoms with Crippen LogP contribution in [0.25, 0.3) is 0 Å². The molecule has 1 heterocycles. The minimum Gasteiger partial charge on any atom is -0.490 e. The molecule has 0 saturated heterocycles. The molecule has 2 rings (SSSR count). The second-order valence-corrected chi connectivity index (χ2v) is 5.20. The average Bonchev–Trinajstić information content (AvgIpc) is 2.51. The van der Waals surface area contributed by atoms with Crippen molar-refractivity contribution in [2.24, 2.45) is 0 Å². The number of rotatable bonds is 4. The summed E-state index contributed by atoms with van der Waals surface area (Å²) in [6, 6.07) is 5.84. The van der Waals surface area contributed by atoms with Crippen LogP contribution in [-0.2, 0) is 0 Å². The molecule has 100 valence electrons. The number of anilines is 1. The lowest BCUT2D eigenvalue weighted by molar-refractivity contribution is 0.0749. The first kappa shape index (κ1) is 13.0. The van der Waals surface area contributed by atoms with E-state index in [1.54, 1.807) is 0 Å². The summed E-state index contributed by atoms with van der Waals surface area (Å²) in [6.45, 7) is 5.74. The smallest absolute Gasteiger partial charge is 0.163 e. The molecule has 0 aliphatic carbocycles. The zero-order valence-electron chi connectivity index (χ0n) is 11.0. The predicted octanol–water partition coefficient (Wildman–Crippen LogP) is 2.42. The van der Waals surface area contributed by atoms with Gasteiger partial charge in [0.05, 0.1) is 18.8 Å². The lowest BCUT2D eigenvalue weighted by Gasteiger charge is -2.18. The van der Waals surface area contributed by atoms with Crippen molar-refractivity contribution in [3.8, 4) is 11.5 Å². The summed E-state index contributed by atoms with van der Waals surface area (Å²) in [6.07, 6.45) is 1.61. The highest BCUT2D eigenvalue weighted by Gasteiger charge is 2.13. The zero-order valence-corrected chi connectivity index (χ0v) is 11.0. The van der Waals surface area contributed by atoms with Crippen LogP contribution in [0, 0.1) is 0 Å². The molecule has 0 bridgehead atoms. The van der Waals surface area contributed by atoms with Crippen molar-refractivity contribution in [3.63, 3.8) is 0 Å². The van der Waals surface area contributed by atoms with Crippen molar-refractivity contribution in [3.05, 3.63) is 18.2 Å². The number of fused-ring (bicyclic) bond motifs is 1. The lowest BCUT2D eigenvalue weighted by atomic mass is 10.1. The Kier molecular flexibility index (Phi) is 3.97. The van der Waals surface area contributed by atoms with Gasteiger partial charge in [-0.15, -0.1) is 0 Å². The van der Waals surface area contributed by atoms with Crippen molar-refractivity contribution in [1.82, 2.24) is 0 Å². The van der Waals surface area contributed by atoms with Gasteiger partial charge in [0, 0.05) is 24.7 Å². The molecule has 0 amide bonds. The van der Waals surface area contributed by atoms with E-state index < -0.39 is 5.60 Å². The normalized spacial score (nSPS) is 15.1. The molecule has 0 unspecified atom stereocenters. The first-order valence-corrected chi connectivity index (χ1v) is 6.40. The van der Waals surface area contributed by atoms with Gasteiger partial charge in [-0.25, -0.2) is 0 Å². The van der Waals surface area contributed by atoms with E-state index in [2.05, 4.69) is 5.32 Å². The molecule has 0 fully saturated rings. The molecule has 0 saturated carbocycles. The van der Waals surface area contributed by atoms with E-state index in [4.69, 9.17) is 9.47 Å². The van der Waals surface area contributed by atoms with Gasteiger partial charge < -0.3 is 19.9 Å². The second kappa shape index (κ2) is 5.48. The van der Waals surface area contributed by atoms with Gasteiger partial charge in [-0.2, -0.15) is 0 Å². The zero-order chi connectivity index (χ0) is 13.0. The van der Waals surface area contributed by atoms with Crippen molar-refractivity contribution < 1.29 is 14.6 Å². The first-order chi connectivity index (χ1) is 8.54. The molecule has 1 aromatic carbocycles. The minimum atomic E-state index is -0.641. The van der Waals surface area contributed by atoms with Gasteiger partial charge in [-0.1, -0.05) is 0 Å². The van der Waals surface area contributed by atoms with Crippen LogP contribution < -0.4 is 14.8 Å². The molecule has 0 aromatic heterocycles. The van der Waals surface area contributed by atoms with Gasteiger partial charge in [0.1, 0.15) is 0 Å². The van der Waals surface area contributed by atoms with Gasteiger partial charge in [0.15, 0.2) is 11.5 Å². The van der Waals surface area contributed by atoms with E-state index in [-0.39, 0.29) is 0 Å². The number of benzene rings is 1. The van der Waals surface area contributed by atoms with Crippen molar-refractivity contribution >= 4 is 5.69 Å². The maximum Gasteiger partial charge on any atom is 0.163 e. The summed E-state index contributed by atoms with van der Waals surface area (Å²) < 4.78 is 11.2. The molecule has 4 nitrogen and oxygen atoms in total. The highest BCUT2D eigenvalue weighted by atomic mass is 16.5. The standard InChI is InChI=1S/C14H21NO3/c1-14(2,16)6-7-15-11-4-5-12-13(10-11)18-9-3-8-17-12/h4-5,10,15-16H,3,6-9H2,1-2H3. The van der Waals surface area contributed by atoms with Gasteiger partial charge in [-0.05, 0) is 32.4 Å². The Morgan fingerprint density at radius 2 is 1.94 bits per heavy atom. The van der Waals surface area contributed by atoms with Crippen LogP contribution in [0.1, 0.15) is 26.7 Å². The minimum absolute atomic E-state index is 0.641. The summed E-state index contributed by atoms with van der Waals surface area (Å²) >= 11 is 0. The quantitative estimate of drug-likeness (QED) is 0.863. The fourth-order valence-corrected chi connectivity index (χ4v) is 1.79. The monoisotopic (exact) mass is 251 g/mol. The third-order valence-corrected chi connectivity index (χ3v) is 2.81. The topological polar surface area (TPSA) is 50.7 Å². The average molecular weight is 251 g/mol. The van der Waals surface area contributed by atoms with Crippen LogP contribution in [0.5, 0.6) is 11.5 Å². The molecule has 0 radical (unpaired) electrons. The molecule has 0 spiro atoms.